The first-order valence-corrected chi connectivity index (χ1v) is 8.31. The van der Waals surface area contributed by atoms with Gasteiger partial charge in [-0.1, -0.05) is 0 Å². The summed E-state index contributed by atoms with van der Waals surface area (Å²) in [5.74, 6) is 0.450. The Morgan fingerprint density at radius 3 is 2.81 bits per heavy atom. The molecule has 0 bridgehead atoms. The zero-order valence-corrected chi connectivity index (χ0v) is 13.2. The SMILES string of the molecule is CC(CN)(NC(=O)CCCNC(=O)c1ccsc1)C1CC1. The molecule has 1 fully saturated rings. The van der Waals surface area contributed by atoms with Crippen molar-refractivity contribution in [2.24, 2.45) is 11.7 Å². The molecule has 1 atom stereocenters. The van der Waals surface area contributed by atoms with E-state index in [1.54, 1.807) is 6.07 Å². The van der Waals surface area contributed by atoms with Gasteiger partial charge in [0.1, 0.15) is 0 Å². The van der Waals surface area contributed by atoms with E-state index >= 15 is 0 Å². The van der Waals surface area contributed by atoms with Crippen molar-refractivity contribution in [3.05, 3.63) is 22.4 Å². The van der Waals surface area contributed by atoms with Crippen LogP contribution in [0.15, 0.2) is 16.8 Å². The van der Waals surface area contributed by atoms with E-state index in [1.165, 1.54) is 11.3 Å². The Morgan fingerprint density at radius 1 is 1.48 bits per heavy atom. The lowest BCUT2D eigenvalue weighted by molar-refractivity contribution is -0.123. The highest BCUT2D eigenvalue weighted by molar-refractivity contribution is 7.08. The Kier molecular flexibility index (Phi) is 5.36. The van der Waals surface area contributed by atoms with Gasteiger partial charge in [0, 0.05) is 30.5 Å². The number of rotatable bonds is 8. The Bertz CT molecular complexity index is 485. The highest BCUT2D eigenvalue weighted by Gasteiger charge is 2.41. The van der Waals surface area contributed by atoms with Crippen LogP contribution in [0, 0.1) is 5.92 Å². The molecule has 5 nitrogen and oxygen atoms in total. The Balaban J connectivity index is 1.64. The molecule has 0 saturated heterocycles. The van der Waals surface area contributed by atoms with Crippen LogP contribution in [0.25, 0.3) is 0 Å². The molecular weight excluding hydrogens is 286 g/mol. The van der Waals surface area contributed by atoms with Gasteiger partial charge in [0.25, 0.3) is 5.91 Å². The number of hydrogen-bond donors (Lipinski definition) is 3. The Hall–Kier alpha value is -1.40. The van der Waals surface area contributed by atoms with Crippen LogP contribution < -0.4 is 16.4 Å². The van der Waals surface area contributed by atoms with Crippen LogP contribution in [-0.2, 0) is 4.79 Å². The van der Waals surface area contributed by atoms with Crippen LogP contribution in [0.4, 0.5) is 0 Å². The van der Waals surface area contributed by atoms with Gasteiger partial charge >= 0.3 is 0 Å². The van der Waals surface area contributed by atoms with Crippen molar-refractivity contribution in [2.45, 2.75) is 38.1 Å². The van der Waals surface area contributed by atoms with Crippen LogP contribution in [0.5, 0.6) is 0 Å². The summed E-state index contributed by atoms with van der Waals surface area (Å²) in [6, 6.07) is 1.79. The van der Waals surface area contributed by atoms with Gasteiger partial charge in [-0.25, -0.2) is 0 Å². The van der Waals surface area contributed by atoms with E-state index < -0.39 is 0 Å². The van der Waals surface area contributed by atoms with E-state index in [2.05, 4.69) is 10.6 Å². The fourth-order valence-corrected chi connectivity index (χ4v) is 3.00. The molecule has 1 aliphatic rings. The molecule has 1 heterocycles. The second-order valence-electron chi connectivity index (χ2n) is 5.82. The summed E-state index contributed by atoms with van der Waals surface area (Å²) in [5.41, 5.74) is 6.18. The van der Waals surface area contributed by atoms with Gasteiger partial charge in [-0.05, 0) is 43.6 Å². The second-order valence-corrected chi connectivity index (χ2v) is 6.60. The number of amides is 2. The van der Waals surface area contributed by atoms with Crippen molar-refractivity contribution < 1.29 is 9.59 Å². The summed E-state index contributed by atoms with van der Waals surface area (Å²) in [6.07, 6.45) is 3.33. The fraction of sp³-hybridized carbons (Fsp3) is 0.600. The Labute approximate surface area is 129 Å². The van der Waals surface area contributed by atoms with Crippen molar-refractivity contribution >= 4 is 23.2 Å². The van der Waals surface area contributed by atoms with E-state index in [4.69, 9.17) is 5.73 Å². The minimum absolute atomic E-state index is 0.0135. The van der Waals surface area contributed by atoms with E-state index in [9.17, 15) is 9.59 Å². The van der Waals surface area contributed by atoms with E-state index in [0.29, 0.717) is 37.4 Å². The van der Waals surface area contributed by atoms with E-state index in [-0.39, 0.29) is 17.4 Å². The third-order valence-corrected chi connectivity index (χ3v) is 4.66. The molecule has 1 aromatic heterocycles. The van der Waals surface area contributed by atoms with Crippen molar-refractivity contribution in [1.82, 2.24) is 10.6 Å². The standard InChI is InChI=1S/C15H23N3O2S/c1-15(10-16,12-4-5-12)18-13(19)3-2-7-17-14(20)11-6-8-21-9-11/h6,8-9,12H,2-5,7,10,16H2,1H3,(H,17,20)(H,18,19). The molecule has 2 rings (SSSR count). The number of nitrogens with one attached hydrogen (secondary N) is 2. The monoisotopic (exact) mass is 309 g/mol. The molecule has 1 aliphatic carbocycles. The topological polar surface area (TPSA) is 84.2 Å². The quantitative estimate of drug-likeness (QED) is 0.636. The Morgan fingerprint density at radius 2 is 2.24 bits per heavy atom. The van der Waals surface area contributed by atoms with Gasteiger partial charge in [-0.3, -0.25) is 9.59 Å². The maximum Gasteiger partial charge on any atom is 0.252 e. The first-order valence-electron chi connectivity index (χ1n) is 7.36. The second kappa shape index (κ2) is 7.04. The zero-order chi connectivity index (χ0) is 15.3. The van der Waals surface area contributed by atoms with Crippen molar-refractivity contribution in [1.29, 1.82) is 0 Å². The summed E-state index contributed by atoms with van der Waals surface area (Å²) in [4.78, 5) is 23.6. The maximum absolute atomic E-state index is 11.9. The van der Waals surface area contributed by atoms with Crippen LogP contribution in [0.3, 0.4) is 0 Å². The lowest BCUT2D eigenvalue weighted by atomic mass is 9.95. The molecule has 1 saturated carbocycles. The molecule has 21 heavy (non-hydrogen) atoms. The molecule has 4 N–H and O–H groups in total. The number of carbonyl (C=O) groups is 2. The fourth-order valence-electron chi connectivity index (χ4n) is 2.37. The third kappa shape index (κ3) is 4.54. The van der Waals surface area contributed by atoms with Crippen LogP contribution in [0.1, 0.15) is 43.0 Å². The largest absolute Gasteiger partial charge is 0.352 e. The zero-order valence-electron chi connectivity index (χ0n) is 12.4. The minimum Gasteiger partial charge on any atom is -0.352 e. The van der Waals surface area contributed by atoms with Gasteiger partial charge in [0.15, 0.2) is 0 Å². The summed E-state index contributed by atoms with van der Waals surface area (Å²) < 4.78 is 0. The average molecular weight is 309 g/mol. The first-order chi connectivity index (χ1) is 10.0. The number of nitrogens with two attached hydrogens (primary N) is 1. The maximum atomic E-state index is 11.9. The molecular formula is C15H23N3O2S. The normalized spacial score (nSPS) is 17.0. The predicted octanol–water partition coefficient (Wildman–Crippen LogP) is 1.50. The highest BCUT2D eigenvalue weighted by Crippen LogP contribution is 2.38. The lowest BCUT2D eigenvalue weighted by Crippen LogP contribution is -2.53. The highest BCUT2D eigenvalue weighted by atomic mass is 32.1. The van der Waals surface area contributed by atoms with Crippen LogP contribution in [-0.4, -0.2) is 30.4 Å². The van der Waals surface area contributed by atoms with E-state index in [1.807, 2.05) is 17.7 Å². The van der Waals surface area contributed by atoms with Crippen molar-refractivity contribution in [3.63, 3.8) is 0 Å². The molecule has 0 radical (unpaired) electrons. The third-order valence-electron chi connectivity index (χ3n) is 3.98. The summed E-state index contributed by atoms with van der Waals surface area (Å²) >= 11 is 1.49. The van der Waals surface area contributed by atoms with Gasteiger partial charge in [-0.2, -0.15) is 11.3 Å². The van der Waals surface area contributed by atoms with Gasteiger partial charge in [-0.15, -0.1) is 0 Å². The molecule has 116 valence electrons. The number of thiophene rings is 1. The summed E-state index contributed by atoms with van der Waals surface area (Å²) in [5, 5.41) is 9.54. The lowest BCUT2D eigenvalue weighted by Gasteiger charge is -2.29. The summed E-state index contributed by atoms with van der Waals surface area (Å²) in [6.45, 7) is 2.99. The van der Waals surface area contributed by atoms with Gasteiger partial charge in [0.2, 0.25) is 5.91 Å². The molecule has 0 aliphatic heterocycles. The molecule has 0 aromatic carbocycles. The van der Waals surface area contributed by atoms with Crippen molar-refractivity contribution in [3.8, 4) is 0 Å². The number of carbonyl (C=O) groups excluding carboxylic acids is 2. The van der Waals surface area contributed by atoms with Gasteiger partial charge in [0.05, 0.1) is 5.54 Å². The molecule has 6 heteroatoms. The predicted molar refractivity (Wildman–Crippen MR) is 84.2 cm³/mol. The summed E-state index contributed by atoms with van der Waals surface area (Å²) in [7, 11) is 0. The van der Waals surface area contributed by atoms with Crippen LogP contribution in [0.2, 0.25) is 0 Å². The molecule has 1 unspecified atom stereocenters. The smallest absolute Gasteiger partial charge is 0.252 e. The number of hydrogen-bond acceptors (Lipinski definition) is 4. The average Bonchev–Trinajstić information content (AvgIpc) is 3.19. The minimum atomic E-state index is -0.267. The van der Waals surface area contributed by atoms with E-state index in [0.717, 1.165) is 12.8 Å². The van der Waals surface area contributed by atoms with Gasteiger partial charge < -0.3 is 16.4 Å². The molecule has 0 spiro atoms. The van der Waals surface area contributed by atoms with Crippen molar-refractivity contribution in [2.75, 3.05) is 13.1 Å². The molecule has 1 aromatic rings. The van der Waals surface area contributed by atoms with Crippen LogP contribution >= 0.6 is 11.3 Å². The molecule has 2 amide bonds. The first kappa shape index (κ1) is 16.0.